The summed E-state index contributed by atoms with van der Waals surface area (Å²) in [6.45, 7) is 12.5. The third kappa shape index (κ3) is 13.4. The van der Waals surface area contributed by atoms with E-state index in [-0.39, 0.29) is 39.5 Å². The van der Waals surface area contributed by atoms with E-state index < -0.39 is 35.3 Å². The van der Waals surface area contributed by atoms with Crippen molar-refractivity contribution in [2.45, 2.75) is 70.5 Å². The van der Waals surface area contributed by atoms with Crippen LogP contribution < -0.4 is 44.6 Å². The predicted octanol–water partition coefficient (Wildman–Crippen LogP) is 19.4. The van der Waals surface area contributed by atoms with Gasteiger partial charge in [-0.05, 0) is 140 Å². The van der Waals surface area contributed by atoms with Crippen molar-refractivity contribution in [3.05, 3.63) is 307 Å². The maximum atomic E-state index is 14.3. The predicted molar refractivity (Wildman–Crippen MR) is 401 cm³/mol. The van der Waals surface area contributed by atoms with Crippen LogP contribution in [0.15, 0.2) is 279 Å². The third-order valence-electron chi connectivity index (χ3n) is 17.9. The molecule has 0 radical (unpaired) electrons. The number of aliphatic hydroxyl groups is 1. The molecule has 0 amide bonds. The Labute approximate surface area is 582 Å². The van der Waals surface area contributed by atoms with Crippen LogP contribution in [0.5, 0.6) is 46.0 Å². The number of phenols is 4. The first-order valence-electron chi connectivity index (χ1n) is 32.7. The first-order chi connectivity index (χ1) is 47.8. The summed E-state index contributed by atoms with van der Waals surface area (Å²) in [6.07, 6.45) is 0.698. The van der Waals surface area contributed by atoms with Gasteiger partial charge in [0.05, 0.1) is 38.8 Å². The van der Waals surface area contributed by atoms with Gasteiger partial charge >= 0.3 is 14.7 Å². The molecule has 5 unspecified atom stereocenters. The van der Waals surface area contributed by atoms with E-state index in [1.807, 2.05) is 194 Å². The Balaban J connectivity index is 0.000000120. The number of fused-ring (bicyclic) bond motifs is 12. The van der Waals surface area contributed by atoms with E-state index >= 15 is 0 Å². The third-order valence-corrected chi connectivity index (χ3v) is 27.6. The Morgan fingerprint density at radius 3 is 1.14 bits per heavy atom. The zero-order valence-corrected chi connectivity index (χ0v) is 59.4. The fourth-order valence-corrected chi connectivity index (χ4v) is 22.4. The molecule has 12 aromatic rings. The molecule has 0 saturated carbocycles. The van der Waals surface area contributed by atoms with Crippen molar-refractivity contribution in [2.75, 3.05) is 0 Å². The highest BCUT2D eigenvalue weighted by atomic mass is 31.2. The minimum atomic E-state index is -3.59. The Morgan fingerprint density at radius 2 is 0.680 bits per heavy atom. The Hall–Kier alpha value is -10.1. The summed E-state index contributed by atoms with van der Waals surface area (Å²) in [5.41, 5.74) is 10.9. The molecule has 100 heavy (non-hydrogen) atoms. The van der Waals surface area contributed by atoms with Crippen molar-refractivity contribution in [3.8, 4) is 90.5 Å². The normalized spacial score (nSPS) is 18.8. The van der Waals surface area contributed by atoms with Crippen LogP contribution in [-0.2, 0) is 41.4 Å². The molecule has 5 N–H and O–H groups in total. The van der Waals surface area contributed by atoms with Gasteiger partial charge in [0.25, 0.3) is 14.7 Å². The van der Waals surface area contributed by atoms with Crippen LogP contribution in [0.4, 0.5) is 0 Å². The van der Waals surface area contributed by atoms with Gasteiger partial charge < -0.3 is 43.6 Å². The van der Waals surface area contributed by atoms with E-state index in [0.29, 0.717) is 51.1 Å². The minimum absolute atomic E-state index is 0.0760. The topological polar surface area (TPSA) is 206 Å². The number of benzene rings is 12. The number of aliphatic hydroxyl groups excluding tert-OH is 1. The molecule has 504 valence electrons. The van der Waals surface area contributed by atoms with Crippen LogP contribution in [0.3, 0.4) is 0 Å². The second-order valence-electron chi connectivity index (χ2n) is 26.9. The molecule has 4 aliphatic heterocycles. The van der Waals surface area contributed by atoms with Crippen LogP contribution in [0.1, 0.15) is 75.2 Å². The van der Waals surface area contributed by atoms with Crippen LogP contribution in [0, 0.1) is 0 Å². The van der Waals surface area contributed by atoms with Crippen LogP contribution in [0.2, 0.25) is 0 Å². The molecule has 4 heterocycles. The quantitative estimate of drug-likeness (QED) is 0.0745. The van der Waals surface area contributed by atoms with E-state index in [1.54, 1.807) is 54.6 Å². The minimum Gasteiger partial charge on any atom is -0.508 e. The molecular weight excluding hydrogens is 1330 g/mol. The lowest BCUT2D eigenvalue weighted by Gasteiger charge is -2.31. The molecule has 5 atom stereocenters. The Morgan fingerprint density at radius 1 is 0.330 bits per heavy atom. The van der Waals surface area contributed by atoms with Crippen LogP contribution in [-0.4, -0.2) is 25.5 Å². The average molecular weight is 1400 g/mol. The van der Waals surface area contributed by atoms with E-state index in [9.17, 15) is 43.8 Å². The van der Waals surface area contributed by atoms with Crippen LogP contribution >= 0.6 is 29.5 Å². The van der Waals surface area contributed by atoms with Crippen molar-refractivity contribution >= 4 is 56.0 Å². The SMILES string of the molecule is CC(C)(C)c1cc(CP2(=O)Oc3ccccc3-c3ccccc32)cc(C(C)(C)C)c1O.O=P1(C(O)c2ccc(O)cc2)Oc2ccccc2-c2ccccc21.O=P1(Cc2ccccc2)Oc2ccccc2-c2ccccc21.O=P1(c2cc(O)ccc2O)Oc2ccccc2-c2ccccc21. The lowest BCUT2D eigenvalue weighted by Crippen LogP contribution is -2.25. The summed E-state index contributed by atoms with van der Waals surface area (Å²) in [5, 5.41) is 53.9. The maximum absolute atomic E-state index is 14.3. The number of aromatic hydroxyl groups is 4. The molecule has 0 spiro atoms. The summed E-state index contributed by atoms with van der Waals surface area (Å²) in [4.78, 5) is 0. The number of hydrogen-bond donors (Lipinski definition) is 5. The summed E-state index contributed by atoms with van der Waals surface area (Å²) in [7, 11) is -13.3. The monoisotopic (exact) mass is 1400 g/mol. The summed E-state index contributed by atoms with van der Waals surface area (Å²) in [5.74, 6) is 1.23. The van der Waals surface area contributed by atoms with Crippen molar-refractivity contribution < 1.29 is 61.9 Å². The van der Waals surface area contributed by atoms with Crippen molar-refractivity contribution in [1.29, 1.82) is 0 Å². The highest BCUT2D eigenvalue weighted by Gasteiger charge is 2.44. The van der Waals surface area contributed by atoms with Crippen molar-refractivity contribution in [1.82, 2.24) is 0 Å². The van der Waals surface area contributed by atoms with Gasteiger partial charge in [-0.1, -0.05) is 242 Å². The van der Waals surface area contributed by atoms with E-state index in [2.05, 4.69) is 41.5 Å². The summed E-state index contributed by atoms with van der Waals surface area (Å²) < 4.78 is 79.2. The van der Waals surface area contributed by atoms with Crippen molar-refractivity contribution in [3.63, 3.8) is 0 Å². The smallest absolute Gasteiger partial charge is 0.311 e. The van der Waals surface area contributed by atoms with Gasteiger partial charge in [0.15, 0.2) is 5.85 Å². The Bertz CT molecular complexity index is 5250. The van der Waals surface area contributed by atoms with Gasteiger partial charge in [0.2, 0.25) is 0 Å². The highest BCUT2D eigenvalue weighted by Crippen LogP contribution is 2.63. The second kappa shape index (κ2) is 27.2. The molecule has 0 bridgehead atoms. The van der Waals surface area contributed by atoms with Gasteiger partial charge in [-0.2, -0.15) is 0 Å². The number of para-hydroxylation sites is 4. The fourth-order valence-electron chi connectivity index (χ4n) is 13.0. The maximum Gasteiger partial charge on any atom is 0.311 e. The standard InChI is InChI=1S/C27H31O3P.C19H15O4P.C19H15O2P.C18H13O4P/c1-26(2,3)21-15-18(16-22(25(21)28)27(4,5)6)17-31(29)24-14-10-8-12-20(24)19-11-7-9-13-23(19)30-31;20-14-11-9-13(10-12-14)19(21)24(22)18-8-4-2-6-16(18)15-5-1-3-7-17(15)23-24;20-22(14-15-8-2-1-3-9-15)19-13-7-5-11-17(19)16-10-4-6-12-18(16)21-22;19-12-9-10-15(20)18(11-12)23(21)17-8-4-2-6-14(17)13-5-1-3-7-16(13)22-23/h7-16,28H,17H2,1-6H3;1-12,19-21H;1-13H,14H2;1-11,19-20H. The largest absolute Gasteiger partial charge is 0.508 e. The fraction of sp³-hybridized carbons (Fsp3) is 0.133. The molecule has 17 heteroatoms. The average Bonchev–Trinajstić information content (AvgIpc) is 0.757. The lowest BCUT2D eigenvalue weighted by molar-refractivity contribution is 0.240. The van der Waals surface area contributed by atoms with E-state index in [1.165, 1.54) is 30.3 Å². The van der Waals surface area contributed by atoms with Gasteiger partial charge in [0, 0.05) is 22.3 Å². The second-order valence-corrected chi connectivity index (χ2v) is 36.1. The molecule has 12 aromatic carbocycles. The van der Waals surface area contributed by atoms with Crippen LogP contribution in [0.25, 0.3) is 44.5 Å². The first kappa shape index (κ1) is 68.4. The molecule has 0 aliphatic carbocycles. The van der Waals surface area contributed by atoms with E-state index in [4.69, 9.17) is 18.1 Å². The zero-order valence-electron chi connectivity index (χ0n) is 55.8. The van der Waals surface area contributed by atoms with Gasteiger partial charge in [0.1, 0.15) is 46.0 Å². The van der Waals surface area contributed by atoms with Crippen molar-refractivity contribution in [2.24, 2.45) is 0 Å². The van der Waals surface area contributed by atoms with Gasteiger partial charge in [-0.3, -0.25) is 18.3 Å². The number of phenolic OH excluding ortho intramolecular Hbond substituents is 4. The number of hydrogen-bond acceptors (Lipinski definition) is 13. The molecule has 0 fully saturated rings. The van der Waals surface area contributed by atoms with Gasteiger partial charge in [-0.15, -0.1) is 0 Å². The lowest BCUT2D eigenvalue weighted by atomic mass is 9.78. The highest BCUT2D eigenvalue weighted by molar-refractivity contribution is 7.75. The molecule has 4 aliphatic rings. The molecule has 16 rings (SSSR count). The zero-order chi connectivity index (χ0) is 70.4. The summed E-state index contributed by atoms with van der Waals surface area (Å²) in [6, 6.07) is 84.3. The van der Waals surface area contributed by atoms with Gasteiger partial charge in [-0.25, -0.2) is 0 Å². The first-order valence-corrected chi connectivity index (χ1v) is 39.6. The summed E-state index contributed by atoms with van der Waals surface area (Å²) >= 11 is 0. The molecular formula is C83H74O13P4. The molecule has 0 saturated heterocycles. The number of rotatable bonds is 7. The Kier molecular flexibility index (Phi) is 18.6. The van der Waals surface area contributed by atoms with E-state index in [0.717, 1.165) is 77.4 Å². The molecule has 0 aromatic heterocycles. The molecule has 13 nitrogen and oxygen atoms in total.